The number of benzene rings is 2. The van der Waals surface area contributed by atoms with E-state index in [0.717, 1.165) is 54.9 Å². The first kappa shape index (κ1) is 24.3. The lowest BCUT2D eigenvalue weighted by atomic mass is 10.1. The number of nitrogens with one attached hydrogen (secondary N) is 1. The number of rotatable bonds is 10. The first-order chi connectivity index (χ1) is 17.6. The minimum atomic E-state index is -1.14. The molecule has 3 aromatic heterocycles. The van der Waals surface area contributed by atoms with Gasteiger partial charge in [0.25, 0.3) is 0 Å². The molecule has 3 heterocycles. The quantitative estimate of drug-likeness (QED) is 0.250. The van der Waals surface area contributed by atoms with Crippen LogP contribution in [0.25, 0.3) is 21.8 Å². The van der Waals surface area contributed by atoms with E-state index < -0.39 is 10.8 Å². The number of unbranched alkanes of at least 4 members (excludes halogenated alkanes) is 1. The molecule has 5 aromatic rings. The largest absolute Gasteiger partial charge is 0.331 e. The molecule has 0 amide bonds. The molecular formula is C29H31N5OS. The fourth-order valence-electron chi connectivity index (χ4n) is 4.56. The molecule has 0 fully saturated rings. The molecule has 5 rings (SSSR count). The summed E-state index contributed by atoms with van der Waals surface area (Å²) in [6.45, 7) is 6.56. The topological polar surface area (TPSA) is 74.8 Å². The fraction of sp³-hybridized carbons (Fsp3) is 0.276. The predicted octanol–water partition coefficient (Wildman–Crippen LogP) is 5.71. The average Bonchev–Trinajstić information content (AvgIpc) is 3.33. The van der Waals surface area contributed by atoms with Gasteiger partial charge in [-0.15, -0.1) is 0 Å². The highest BCUT2D eigenvalue weighted by Gasteiger charge is 2.14. The molecule has 6 nitrogen and oxygen atoms in total. The summed E-state index contributed by atoms with van der Waals surface area (Å²) in [5.41, 5.74) is 6.32. The highest BCUT2D eigenvalue weighted by Crippen LogP contribution is 2.20. The van der Waals surface area contributed by atoms with Crippen LogP contribution in [0.1, 0.15) is 35.4 Å². The van der Waals surface area contributed by atoms with E-state index in [2.05, 4.69) is 65.1 Å². The highest BCUT2D eigenvalue weighted by atomic mass is 32.2. The van der Waals surface area contributed by atoms with Crippen molar-refractivity contribution >= 4 is 32.6 Å². The number of para-hydroxylation sites is 2. The molecule has 0 aliphatic carbocycles. The van der Waals surface area contributed by atoms with E-state index in [9.17, 15) is 4.21 Å². The van der Waals surface area contributed by atoms with Crippen LogP contribution in [0.3, 0.4) is 0 Å². The number of nitrogens with zero attached hydrogens (tertiary/aromatic N) is 4. The van der Waals surface area contributed by atoms with Gasteiger partial charge in [0.15, 0.2) is 5.16 Å². The Kier molecular flexibility index (Phi) is 7.49. The van der Waals surface area contributed by atoms with Crippen molar-refractivity contribution in [3.8, 4) is 0 Å². The van der Waals surface area contributed by atoms with Crippen molar-refractivity contribution in [2.45, 2.75) is 44.9 Å². The van der Waals surface area contributed by atoms with Gasteiger partial charge in [-0.05, 0) is 67.9 Å². The van der Waals surface area contributed by atoms with Crippen molar-refractivity contribution in [1.82, 2.24) is 24.8 Å². The summed E-state index contributed by atoms with van der Waals surface area (Å²) in [5.74, 6) is 0.585. The fourth-order valence-corrected chi connectivity index (χ4v) is 5.64. The molecule has 1 atom stereocenters. The first-order valence-corrected chi connectivity index (χ1v) is 13.7. The van der Waals surface area contributed by atoms with Crippen molar-refractivity contribution in [3.63, 3.8) is 0 Å². The van der Waals surface area contributed by atoms with Crippen LogP contribution in [0.5, 0.6) is 0 Å². The van der Waals surface area contributed by atoms with E-state index in [1.54, 1.807) is 0 Å². The lowest BCUT2D eigenvalue weighted by Gasteiger charge is -2.23. The number of imidazole rings is 1. The molecule has 1 unspecified atom stereocenters. The standard InChI is InChI=1S/C29H31N5OS/c1-21-17-22(2)27(31-18-21)19-34(20-28-24-10-4-3-9-23(24)13-14-30-28)15-7-8-16-36(35)29-32-25-11-5-6-12-26(25)33-29/h3-6,9-14,17-18H,7-8,15-16,19-20H2,1-2H3,(H,32,33). The van der Waals surface area contributed by atoms with E-state index in [0.29, 0.717) is 10.9 Å². The van der Waals surface area contributed by atoms with E-state index >= 15 is 0 Å². The van der Waals surface area contributed by atoms with Gasteiger partial charge < -0.3 is 4.98 Å². The normalized spacial score (nSPS) is 12.5. The molecule has 0 radical (unpaired) electrons. The molecule has 36 heavy (non-hydrogen) atoms. The summed E-state index contributed by atoms with van der Waals surface area (Å²) in [6, 6.07) is 20.4. The van der Waals surface area contributed by atoms with E-state index in [1.807, 2.05) is 36.7 Å². The lowest BCUT2D eigenvalue weighted by Crippen LogP contribution is -2.26. The Bertz CT molecular complexity index is 1470. The Morgan fingerprint density at radius 2 is 1.72 bits per heavy atom. The Labute approximate surface area is 214 Å². The van der Waals surface area contributed by atoms with E-state index in [4.69, 9.17) is 9.97 Å². The van der Waals surface area contributed by atoms with Crippen molar-refractivity contribution < 1.29 is 4.21 Å². The predicted molar refractivity (Wildman–Crippen MR) is 146 cm³/mol. The summed E-state index contributed by atoms with van der Waals surface area (Å²) in [4.78, 5) is 19.5. The lowest BCUT2D eigenvalue weighted by molar-refractivity contribution is 0.247. The summed E-state index contributed by atoms with van der Waals surface area (Å²) in [6.07, 6.45) is 5.61. The molecule has 7 heteroatoms. The van der Waals surface area contributed by atoms with Crippen LogP contribution in [0.4, 0.5) is 0 Å². The van der Waals surface area contributed by atoms with Crippen LogP contribution < -0.4 is 0 Å². The SMILES string of the molecule is Cc1cnc(CN(CCCCS(=O)c2nc3ccccc3[nH]2)Cc2nccc3ccccc23)c(C)c1. The van der Waals surface area contributed by atoms with Crippen molar-refractivity contribution in [1.29, 1.82) is 0 Å². The van der Waals surface area contributed by atoms with Gasteiger partial charge >= 0.3 is 0 Å². The number of H-pyrrole nitrogens is 1. The number of aromatic nitrogens is 4. The van der Waals surface area contributed by atoms with Gasteiger partial charge in [-0.1, -0.05) is 42.5 Å². The molecule has 0 spiro atoms. The zero-order valence-corrected chi connectivity index (χ0v) is 21.6. The van der Waals surface area contributed by atoms with E-state index in [1.165, 1.54) is 21.9 Å². The van der Waals surface area contributed by atoms with Crippen molar-refractivity contribution in [2.24, 2.45) is 0 Å². The van der Waals surface area contributed by atoms with Crippen LogP contribution >= 0.6 is 0 Å². The summed E-state index contributed by atoms with van der Waals surface area (Å²) < 4.78 is 12.8. The monoisotopic (exact) mass is 497 g/mol. The molecule has 0 aliphatic rings. The van der Waals surface area contributed by atoms with Crippen molar-refractivity contribution in [3.05, 3.63) is 95.6 Å². The minimum absolute atomic E-state index is 0.562. The third-order valence-electron chi connectivity index (χ3n) is 6.46. The molecule has 0 saturated heterocycles. The second-order valence-electron chi connectivity index (χ2n) is 9.28. The maximum absolute atomic E-state index is 12.8. The summed E-state index contributed by atoms with van der Waals surface area (Å²) in [7, 11) is -1.14. The number of hydrogen-bond donors (Lipinski definition) is 1. The Balaban J connectivity index is 1.27. The Morgan fingerprint density at radius 1 is 0.917 bits per heavy atom. The number of pyridine rings is 2. The smallest absolute Gasteiger partial charge is 0.197 e. The highest BCUT2D eigenvalue weighted by molar-refractivity contribution is 7.84. The van der Waals surface area contributed by atoms with Gasteiger partial charge in [-0.2, -0.15) is 0 Å². The first-order valence-electron chi connectivity index (χ1n) is 12.4. The second-order valence-corrected chi connectivity index (χ2v) is 10.8. The zero-order valence-electron chi connectivity index (χ0n) is 20.8. The minimum Gasteiger partial charge on any atom is -0.331 e. The summed E-state index contributed by atoms with van der Waals surface area (Å²) >= 11 is 0. The molecule has 0 aliphatic heterocycles. The average molecular weight is 498 g/mol. The van der Waals surface area contributed by atoms with Crippen LogP contribution in [0.15, 0.2) is 78.2 Å². The van der Waals surface area contributed by atoms with Crippen LogP contribution in [0, 0.1) is 13.8 Å². The van der Waals surface area contributed by atoms with Gasteiger partial charge in [-0.25, -0.2) is 4.98 Å². The van der Waals surface area contributed by atoms with E-state index in [-0.39, 0.29) is 0 Å². The number of aromatic amines is 1. The zero-order chi connectivity index (χ0) is 24.9. The van der Waals surface area contributed by atoms with Gasteiger partial charge in [0.1, 0.15) is 0 Å². The van der Waals surface area contributed by atoms with Gasteiger partial charge in [0.2, 0.25) is 0 Å². The third kappa shape index (κ3) is 5.69. The van der Waals surface area contributed by atoms with Gasteiger partial charge in [0, 0.05) is 36.6 Å². The molecule has 184 valence electrons. The number of fused-ring (bicyclic) bond motifs is 2. The van der Waals surface area contributed by atoms with Crippen LogP contribution in [0.2, 0.25) is 0 Å². The third-order valence-corrected chi connectivity index (χ3v) is 7.75. The molecule has 0 bridgehead atoms. The second kappa shape index (κ2) is 11.1. The summed E-state index contributed by atoms with van der Waals surface area (Å²) in [5, 5.41) is 2.95. The van der Waals surface area contributed by atoms with Crippen molar-refractivity contribution in [2.75, 3.05) is 12.3 Å². The van der Waals surface area contributed by atoms with Crippen LogP contribution in [-0.4, -0.2) is 41.3 Å². The van der Waals surface area contributed by atoms with Gasteiger partial charge in [0.05, 0.1) is 33.2 Å². The Morgan fingerprint density at radius 3 is 2.58 bits per heavy atom. The maximum Gasteiger partial charge on any atom is 0.197 e. The Hall–Kier alpha value is -3.42. The molecule has 0 saturated carbocycles. The number of hydrogen-bond acceptors (Lipinski definition) is 5. The van der Waals surface area contributed by atoms with Gasteiger partial charge in [-0.3, -0.25) is 19.1 Å². The molecule has 1 N–H and O–H groups in total. The van der Waals surface area contributed by atoms with Crippen LogP contribution in [-0.2, 0) is 23.9 Å². The molecular weight excluding hydrogens is 466 g/mol. The maximum atomic E-state index is 12.8. The number of aryl methyl sites for hydroxylation is 2. The molecule has 2 aromatic carbocycles.